The molecule has 1 aromatic heterocycles. The minimum atomic E-state index is -0.217. The number of aliphatic hydroxyl groups is 1. The molecule has 0 bridgehead atoms. The number of aliphatic hydroxyl groups excluding tert-OH is 1. The minimum Gasteiger partial charge on any atom is -0.391 e. The second-order valence-electron chi connectivity index (χ2n) is 6.39. The third-order valence-corrected chi connectivity index (χ3v) is 5.54. The number of hydrogen-bond donors (Lipinski definition) is 1. The lowest BCUT2D eigenvalue weighted by Crippen LogP contribution is -2.56. The van der Waals surface area contributed by atoms with E-state index in [4.69, 9.17) is 0 Å². The number of aryl methyl sites for hydroxylation is 1. The largest absolute Gasteiger partial charge is 0.391 e. The molecule has 1 aromatic rings. The summed E-state index contributed by atoms with van der Waals surface area (Å²) in [5, 5.41) is 15.1. The van der Waals surface area contributed by atoms with Crippen LogP contribution < -0.4 is 0 Å². The molecular formula is C16H27NOS. The SMILES string of the molecule is CC1CCCC(C(O)CCc2ccsc2)(N(C)C)C1. The molecule has 1 aliphatic carbocycles. The lowest BCUT2D eigenvalue weighted by molar-refractivity contribution is -0.0464. The van der Waals surface area contributed by atoms with Gasteiger partial charge < -0.3 is 10.0 Å². The van der Waals surface area contributed by atoms with Crippen molar-refractivity contribution < 1.29 is 5.11 Å². The molecule has 1 fully saturated rings. The number of hydrogen-bond acceptors (Lipinski definition) is 3. The Morgan fingerprint density at radius 1 is 1.53 bits per heavy atom. The van der Waals surface area contributed by atoms with E-state index in [2.05, 4.69) is 42.7 Å². The molecule has 0 aliphatic heterocycles. The van der Waals surface area contributed by atoms with E-state index in [0.29, 0.717) is 0 Å². The van der Waals surface area contributed by atoms with E-state index in [0.717, 1.165) is 31.6 Å². The topological polar surface area (TPSA) is 23.5 Å². The summed E-state index contributed by atoms with van der Waals surface area (Å²) in [5.41, 5.74) is 1.36. The number of likely N-dealkylation sites (N-methyl/N-ethyl adjacent to an activating group) is 1. The van der Waals surface area contributed by atoms with E-state index in [1.807, 2.05) is 0 Å². The van der Waals surface area contributed by atoms with E-state index in [1.54, 1.807) is 11.3 Å². The highest BCUT2D eigenvalue weighted by Gasteiger charge is 2.42. The van der Waals surface area contributed by atoms with Crippen LogP contribution in [0.1, 0.15) is 44.6 Å². The molecule has 2 rings (SSSR count). The molecule has 2 nitrogen and oxygen atoms in total. The molecule has 3 heteroatoms. The highest BCUT2D eigenvalue weighted by atomic mass is 32.1. The molecule has 1 saturated carbocycles. The average Bonchev–Trinajstić information content (AvgIpc) is 2.88. The molecule has 108 valence electrons. The maximum Gasteiger partial charge on any atom is 0.0726 e. The van der Waals surface area contributed by atoms with Gasteiger partial charge in [-0.2, -0.15) is 11.3 Å². The van der Waals surface area contributed by atoms with Crippen LogP contribution in [0.25, 0.3) is 0 Å². The molecule has 1 aliphatic rings. The molecule has 19 heavy (non-hydrogen) atoms. The van der Waals surface area contributed by atoms with Gasteiger partial charge in [0.1, 0.15) is 0 Å². The van der Waals surface area contributed by atoms with Gasteiger partial charge in [-0.3, -0.25) is 0 Å². The number of nitrogens with zero attached hydrogens (tertiary/aromatic N) is 1. The molecule has 0 spiro atoms. The van der Waals surface area contributed by atoms with Crippen molar-refractivity contribution in [2.24, 2.45) is 5.92 Å². The lowest BCUT2D eigenvalue weighted by atomic mass is 9.71. The van der Waals surface area contributed by atoms with Crippen LogP contribution in [0.5, 0.6) is 0 Å². The predicted octanol–water partition coefficient (Wildman–Crippen LogP) is 3.55. The summed E-state index contributed by atoms with van der Waals surface area (Å²) in [5.74, 6) is 0.729. The van der Waals surface area contributed by atoms with Crippen LogP contribution in [0.15, 0.2) is 16.8 Å². The Balaban J connectivity index is 2.01. The summed E-state index contributed by atoms with van der Waals surface area (Å²) in [6.45, 7) is 2.32. The fourth-order valence-corrected chi connectivity index (χ4v) is 4.28. The smallest absolute Gasteiger partial charge is 0.0726 e. The minimum absolute atomic E-state index is 0.00626. The second kappa shape index (κ2) is 6.38. The molecular weight excluding hydrogens is 254 g/mol. The maximum atomic E-state index is 10.8. The normalized spacial score (nSPS) is 29.6. The maximum absolute atomic E-state index is 10.8. The third-order valence-electron chi connectivity index (χ3n) is 4.81. The fourth-order valence-electron chi connectivity index (χ4n) is 3.58. The van der Waals surface area contributed by atoms with Crippen LogP contribution in [0.3, 0.4) is 0 Å². The molecule has 1 N–H and O–H groups in total. The molecule has 3 unspecified atom stereocenters. The van der Waals surface area contributed by atoms with E-state index >= 15 is 0 Å². The van der Waals surface area contributed by atoms with Gasteiger partial charge in [-0.25, -0.2) is 0 Å². The molecule has 3 atom stereocenters. The van der Waals surface area contributed by atoms with Crippen LogP contribution in [-0.4, -0.2) is 35.7 Å². The first kappa shape index (κ1) is 15.0. The van der Waals surface area contributed by atoms with Crippen molar-refractivity contribution in [3.63, 3.8) is 0 Å². The van der Waals surface area contributed by atoms with E-state index in [-0.39, 0.29) is 11.6 Å². The second-order valence-corrected chi connectivity index (χ2v) is 7.17. The van der Waals surface area contributed by atoms with Crippen molar-refractivity contribution in [3.05, 3.63) is 22.4 Å². The van der Waals surface area contributed by atoms with Crippen molar-refractivity contribution in [1.29, 1.82) is 0 Å². The first-order valence-electron chi connectivity index (χ1n) is 7.41. The first-order chi connectivity index (χ1) is 9.04. The summed E-state index contributed by atoms with van der Waals surface area (Å²) >= 11 is 1.74. The van der Waals surface area contributed by atoms with Gasteiger partial charge in [0, 0.05) is 5.54 Å². The number of rotatable bonds is 5. The Bertz CT molecular complexity index is 376. The van der Waals surface area contributed by atoms with Crippen LogP contribution in [0, 0.1) is 5.92 Å². The van der Waals surface area contributed by atoms with E-state index in [9.17, 15) is 5.11 Å². The zero-order chi connectivity index (χ0) is 13.9. The van der Waals surface area contributed by atoms with Gasteiger partial charge in [-0.15, -0.1) is 0 Å². The Morgan fingerprint density at radius 2 is 2.32 bits per heavy atom. The monoisotopic (exact) mass is 281 g/mol. The van der Waals surface area contributed by atoms with Crippen LogP contribution in [0.4, 0.5) is 0 Å². The number of thiophene rings is 1. The Hall–Kier alpha value is -0.380. The standard InChI is InChI=1S/C16H27NOS/c1-13-5-4-9-16(11-13,17(2)3)15(18)7-6-14-8-10-19-12-14/h8,10,12-13,15,18H,4-7,9,11H2,1-3H3. The van der Waals surface area contributed by atoms with Gasteiger partial charge in [-0.1, -0.05) is 19.8 Å². The molecule has 0 radical (unpaired) electrons. The van der Waals surface area contributed by atoms with Gasteiger partial charge in [-0.05, 0) is 68.1 Å². The van der Waals surface area contributed by atoms with Gasteiger partial charge in [0.15, 0.2) is 0 Å². The van der Waals surface area contributed by atoms with Gasteiger partial charge in [0.05, 0.1) is 6.10 Å². The molecule has 1 heterocycles. The molecule has 0 saturated heterocycles. The summed E-state index contributed by atoms with van der Waals surface area (Å²) in [6, 6.07) is 2.17. The van der Waals surface area contributed by atoms with Crippen molar-refractivity contribution in [2.45, 2.75) is 57.1 Å². The van der Waals surface area contributed by atoms with Crippen molar-refractivity contribution in [3.8, 4) is 0 Å². The van der Waals surface area contributed by atoms with Crippen molar-refractivity contribution >= 4 is 11.3 Å². The lowest BCUT2D eigenvalue weighted by Gasteiger charge is -2.48. The van der Waals surface area contributed by atoms with Gasteiger partial charge in [0.2, 0.25) is 0 Å². The quantitative estimate of drug-likeness (QED) is 0.892. The van der Waals surface area contributed by atoms with Gasteiger partial charge >= 0.3 is 0 Å². The van der Waals surface area contributed by atoms with Crippen LogP contribution in [0.2, 0.25) is 0 Å². The zero-order valence-corrected chi connectivity index (χ0v) is 13.2. The third kappa shape index (κ3) is 3.39. The van der Waals surface area contributed by atoms with Gasteiger partial charge in [0.25, 0.3) is 0 Å². The fraction of sp³-hybridized carbons (Fsp3) is 0.750. The van der Waals surface area contributed by atoms with E-state index < -0.39 is 0 Å². The van der Waals surface area contributed by atoms with E-state index in [1.165, 1.54) is 18.4 Å². The van der Waals surface area contributed by atoms with Crippen LogP contribution in [-0.2, 0) is 6.42 Å². The van der Waals surface area contributed by atoms with Crippen molar-refractivity contribution in [1.82, 2.24) is 4.90 Å². The average molecular weight is 281 g/mol. The summed E-state index contributed by atoms with van der Waals surface area (Å²) in [4.78, 5) is 2.28. The van der Waals surface area contributed by atoms with Crippen LogP contribution >= 0.6 is 11.3 Å². The van der Waals surface area contributed by atoms with Crippen molar-refractivity contribution in [2.75, 3.05) is 14.1 Å². The summed E-state index contributed by atoms with van der Waals surface area (Å²) < 4.78 is 0. The Morgan fingerprint density at radius 3 is 2.89 bits per heavy atom. The highest BCUT2D eigenvalue weighted by Crippen LogP contribution is 2.39. The summed E-state index contributed by atoms with van der Waals surface area (Å²) in [6.07, 6.45) is 6.47. The Labute approximate surface area is 121 Å². The Kier molecular flexibility index (Phi) is 5.04. The highest BCUT2D eigenvalue weighted by molar-refractivity contribution is 7.07. The summed E-state index contributed by atoms with van der Waals surface area (Å²) in [7, 11) is 4.26. The first-order valence-corrected chi connectivity index (χ1v) is 8.35. The zero-order valence-electron chi connectivity index (χ0n) is 12.4. The molecule has 0 aromatic carbocycles. The predicted molar refractivity (Wildman–Crippen MR) is 82.7 cm³/mol. The molecule has 0 amide bonds.